The van der Waals surface area contributed by atoms with E-state index in [1.54, 1.807) is 36.6 Å². The van der Waals surface area contributed by atoms with Gasteiger partial charge in [-0.3, -0.25) is 9.36 Å². The number of nitrogens with zero attached hydrogens (tertiary/aromatic N) is 4. The van der Waals surface area contributed by atoms with Crippen LogP contribution in [0.25, 0.3) is 11.2 Å². The van der Waals surface area contributed by atoms with Gasteiger partial charge in [-0.05, 0) is 0 Å². The van der Waals surface area contributed by atoms with Gasteiger partial charge in [0.05, 0.1) is 34.3 Å². The molecule has 0 fully saturated rings. The van der Waals surface area contributed by atoms with Crippen molar-refractivity contribution in [3.05, 3.63) is 27.2 Å². The minimum atomic E-state index is -0.418. The van der Waals surface area contributed by atoms with Gasteiger partial charge in [0.1, 0.15) is 0 Å². The Kier molecular flexibility index (Phi) is 4.32. The van der Waals surface area contributed by atoms with Crippen molar-refractivity contribution in [1.82, 2.24) is 13.7 Å². The molecule has 0 aliphatic rings. The van der Waals surface area contributed by atoms with Crippen LogP contribution in [0.5, 0.6) is 0 Å². The van der Waals surface area contributed by atoms with Gasteiger partial charge in [0.15, 0.2) is 6.33 Å². The van der Waals surface area contributed by atoms with Crippen LogP contribution in [0, 0.1) is 0 Å². The Morgan fingerprint density at radius 3 is 2.50 bits per heavy atom. The van der Waals surface area contributed by atoms with E-state index >= 15 is 0 Å². The lowest BCUT2D eigenvalue weighted by atomic mass is 10.5. The highest BCUT2D eigenvalue weighted by Crippen LogP contribution is 2.00. The predicted molar refractivity (Wildman–Crippen MR) is 60.7 cm³/mol. The molecule has 0 aliphatic heterocycles. The summed E-state index contributed by atoms with van der Waals surface area (Å²) >= 11 is 0. The summed E-state index contributed by atoms with van der Waals surface area (Å²) in [6, 6.07) is 0. The fraction of sp³-hybridized carbons (Fsp3) is 0.500. The smallest absolute Gasteiger partial charge is 0.389 e. The van der Waals surface area contributed by atoms with Crippen molar-refractivity contribution in [3.63, 3.8) is 0 Å². The summed E-state index contributed by atoms with van der Waals surface area (Å²) in [6.07, 6.45) is 1.73. The van der Waals surface area contributed by atoms with Crippen molar-refractivity contribution in [2.45, 2.75) is 6.54 Å². The first kappa shape index (κ1) is 14.9. The van der Waals surface area contributed by atoms with Gasteiger partial charge in [-0.1, -0.05) is 0 Å². The van der Waals surface area contributed by atoms with Crippen LogP contribution in [-0.4, -0.2) is 25.4 Å². The zero-order valence-corrected chi connectivity index (χ0v) is 12.6. The highest BCUT2D eigenvalue weighted by molar-refractivity contribution is 5.66. The third-order valence-corrected chi connectivity index (χ3v) is 2.85. The molecule has 2 aromatic rings. The zero-order valence-electron chi connectivity index (χ0n) is 10.4. The highest BCUT2D eigenvalue weighted by Gasteiger charge is 2.21. The average Bonchev–Trinajstić information content (AvgIpc) is 2.57. The number of aliphatic hydroxyl groups excluding tert-OH is 1. The van der Waals surface area contributed by atoms with Crippen LogP contribution < -0.4 is 39.8 Å². The molecule has 0 amide bonds. The van der Waals surface area contributed by atoms with Gasteiger partial charge < -0.3 is 29.1 Å². The highest BCUT2D eigenvalue weighted by atomic mass is 127. The van der Waals surface area contributed by atoms with Crippen molar-refractivity contribution in [2.24, 2.45) is 21.1 Å². The summed E-state index contributed by atoms with van der Waals surface area (Å²) in [7, 11) is 5.13. The van der Waals surface area contributed by atoms with Gasteiger partial charge in [0.2, 0.25) is 5.52 Å². The Bertz CT molecular complexity index is 698. The molecule has 0 saturated heterocycles. The number of imidazole rings is 1. The summed E-state index contributed by atoms with van der Waals surface area (Å²) < 4.78 is 5.85. The molecule has 1 N–H and O–H groups in total. The fourth-order valence-corrected chi connectivity index (χ4v) is 2.12. The molecule has 100 valence electrons. The molecule has 2 aromatic heterocycles. The second-order valence-electron chi connectivity index (χ2n) is 4.03. The maximum Gasteiger partial charge on any atom is 0.389 e. The second kappa shape index (κ2) is 5.22. The van der Waals surface area contributed by atoms with Crippen molar-refractivity contribution in [2.75, 3.05) is 6.61 Å². The van der Waals surface area contributed by atoms with Crippen LogP contribution in [0.1, 0.15) is 0 Å². The van der Waals surface area contributed by atoms with Gasteiger partial charge in [-0.15, -0.1) is 0 Å². The number of hydrogen-bond acceptors (Lipinski definition) is 3. The second-order valence-corrected chi connectivity index (χ2v) is 4.03. The third kappa shape index (κ3) is 1.99. The normalized spacial score (nSPS) is 10.7. The molecule has 18 heavy (non-hydrogen) atoms. The van der Waals surface area contributed by atoms with Crippen LogP contribution in [0.4, 0.5) is 0 Å². The van der Waals surface area contributed by atoms with Crippen LogP contribution >= 0.6 is 0 Å². The largest absolute Gasteiger partial charge is 1.00 e. The first-order valence-electron chi connectivity index (χ1n) is 5.24. The van der Waals surface area contributed by atoms with E-state index in [9.17, 15) is 9.59 Å². The first-order chi connectivity index (χ1) is 7.99. The molecule has 0 unspecified atom stereocenters. The van der Waals surface area contributed by atoms with E-state index in [4.69, 9.17) is 5.11 Å². The van der Waals surface area contributed by atoms with Crippen LogP contribution in [0.3, 0.4) is 0 Å². The van der Waals surface area contributed by atoms with Crippen LogP contribution in [0.15, 0.2) is 15.9 Å². The zero-order chi connectivity index (χ0) is 12.7. The Labute approximate surface area is 120 Å². The van der Waals surface area contributed by atoms with Gasteiger partial charge in [-0.25, -0.2) is 18.5 Å². The third-order valence-electron chi connectivity index (χ3n) is 2.85. The Morgan fingerprint density at radius 1 is 1.33 bits per heavy atom. The summed E-state index contributed by atoms with van der Waals surface area (Å²) in [5.74, 6) is 0. The maximum atomic E-state index is 12.1. The van der Waals surface area contributed by atoms with E-state index in [2.05, 4.69) is 0 Å². The molecule has 0 radical (unpaired) electrons. The molecule has 0 aromatic carbocycles. The summed E-state index contributed by atoms with van der Waals surface area (Å²) in [5.41, 5.74) is 0.221. The molecule has 7 nitrogen and oxygen atoms in total. The molecule has 2 rings (SSSR count). The van der Waals surface area contributed by atoms with E-state index in [1.807, 2.05) is 0 Å². The quantitative estimate of drug-likeness (QED) is 0.427. The number of rotatable bonds is 2. The maximum absolute atomic E-state index is 12.1. The number of aryl methyl sites for hydroxylation is 3. The standard InChI is InChI=1S/C10H15N4O3.HI/c1-11-6-12(2)8-7(11)9(16)14(4-5-15)10(17)13(8)3;/h6,15H,4-5H2,1-3H3;1H/q+1;/p-1. The van der Waals surface area contributed by atoms with Gasteiger partial charge in [-0.2, -0.15) is 0 Å². The minimum Gasteiger partial charge on any atom is -1.00 e. The summed E-state index contributed by atoms with van der Waals surface area (Å²) in [6.45, 7) is -0.229. The van der Waals surface area contributed by atoms with E-state index in [0.717, 1.165) is 4.57 Å². The van der Waals surface area contributed by atoms with Gasteiger partial charge >= 0.3 is 11.2 Å². The Hall–Kier alpha value is -1.16. The van der Waals surface area contributed by atoms with Crippen molar-refractivity contribution in [1.29, 1.82) is 0 Å². The topological polar surface area (TPSA) is 73.0 Å². The molecule has 0 saturated carbocycles. The van der Waals surface area contributed by atoms with Gasteiger partial charge in [0, 0.05) is 0 Å². The number of aromatic nitrogens is 4. The lowest BCUT2D eigenvalue weighted by molar-refractivity contribution is -0.648. The lowest BCUT2D eigenvalue weighted by Crippen LogP contribution is -3.00. The van der Waals surface area contributed by atoms with E-state index in [0.29, 0.717) is 11.2 Å². The Balaban J connectivity index is 0.00000162. The Morgan fingerprint density at radius 2 is 1.94 bits per heavy atom. The number of hydrogen-bond donors (Lipinski definition) is 1. The molecule has 8 heteroatoms. The molecular weight excluding hydrogens is 351 g/mol. The van der Waals surface area contributed by atoms with E-state index < -0.39 is 5.69 Å². The average molecular weight is 366 g/mol. The molecular formula is C10H15IN4O3. The lowest BCUT2D eigenvalue weighted by Gasteiger charge is -2.03. The number of aliphatic hydroxyl groups is 1. The summed E-state index contributed by atoms with van der Waals surface area (Å²) in [4.78, 5) is 24.1. The van der Waals surface area contributed by atoms with Gasteiger partial charge in [0.25, 0.3) is 5.65 Å². The molecule has 0 spiro atoms. The predicted octanol–water partition coefficient (Wildman–Crippen LogP) is -5.14. The number of fused-ring (bicyclic) bond motifs is 1. The number of halogens is 1. The summed E-state index contributed by atoms with van der Waals surface area (Å²) in [5, 5.41) is 8.89. The molecule has 0 atom stereocenters. The first-order valence-corrected chi connectivity index (χ1v) is 5.24. The molecule has 0 aliphatic carbocycles. The van der Waals surface area contributed by atoms with E-state index in [-0.39, 0.29) is 42.7 Å². The molecule has 0 bridgehead atoms. The van der Waals surface area contributed by atoms with Crippen LogP contribution in [-0.2, 0) is 27.7 Å². The SMILES string of the molecule is Cn1c[n+](C)c2c1c(=O)n(CCO)c(=O)n2C.[I-]. The molecule has 2 heterocycles. The monoisotopic (exact) mass is 366 g/mol. The minimum absolute atomic E-state index is 0. The van der Waals surface area contributed by atoms with Crippen molar-refractivity contribution >= 4 is 11.2 Å². The van der Waals surface area contributed by atoms with Crippen LogP contribution in [0.2, 0.25) is 0 Å². The van der Waals surface area contributed by atoms with E-state index in [1.165, 1.54) is 4.57 Å². The van der Waals surface area contributed by atoms with Crippen molar-refractivity contribution in [3.8, 4) is 0 Å². The van der Waals surface area contributed by atoms with Crippen molar-refractivity contribution < 1.29 is 33.7 Å². The fourth-order valence-electron chi connectivity index (χ4n) is 2.12.